The van der Waals surface area contributed by atoms with Crippen molar-refractivity contribution in [2.45, 2.75) is 25.7 Å². The van der Waals surface area contributed by atoms with Gasteiger partial charge in [0, 0.05) is 5.02 Å². The molecule has 0 aliphatic carbocycles. The molecule has 0 atom stereocenters. The van der Waals surface area contributed by atoms with Gasteiger partial charge >= 0.3 is 0 Å². The van der Waals surface area contributed by atoms with Crippen molar-refractivity contribution < 1.29 is 13.9 Å². The van der Waals surface area contributed by atoms with E-state index >= 15 is 0 Å². The number of aromatic nitrogens is 2. The van der Waals surface area contributed by atoms with Crippen LogP contribution in [0.4, 0.5) is 5.69 Å². The summed E-state index contributed by atoms with van der Waals surface area (Å²) in [6.07, 6.45) is 0. The van der Waals surface area contributed by atoms with E-state index in [1.807, 2.05) is 32.0 Å². The Morgan fingerprint density at radius 1 is 1.21 bits per heavy atom. The number of nitrogens with zero attached hydrogens (tertiary/aromatic N) is 2. The maximum Gasteiger partial charge on any atom is 0.277 e. The van der Waals surface area contributed by atoms with Gasteiger partial charge in [-0.3, -0.25) is 4.79 Å². The molecule has 0 fully saturated rings. The van der Waals surface area contributed by atoms with Gasteiger partial charge in [0.25, 0.3) is 11.1 Å². The number of thioether (sulfide) groups is 1. The Balaban J connectivity index is 1.50. The fourth-order valence-electron chi connectivity index (χ4n) is 2.28. The highest BCUT2D eigenvalue weighted by atomic mass is 35.5. The van der Waals surface area contributed by atoms with E-state index in [1.54, 1.807) is 18.2 Å². The maximum absolute atomic E-state index is 12.1. The highest BCUT2D eigenvalue weighted by molar-refractivity contribution is 7.99. The molecule has 0 unspecified atom stereocenters. The van der Waals surface area contributed by atoms with Crippen LogP contribution in [0.1, 0.15) is 17.0 Å². The zero-order valence-electron chi connectivity index (χ0n) is 15.2. The summed E-state index contributed by atoms with van der Waals surface area (Å²) < 4.78 is 11.2. The number of hydrogen-bond donors (Lipinski definition) is 1. The molecule has 3 aromatic rings. The number of carbonyl (C=O) groups is 1. The van der Waals surface area contributed by atoms with E-state index in [1.165, 1.54) is 0 Å². The number of benzene rings is 2. The van der Waals surface area contributed by atoms with Crippen LogP contribution in [-0.4, -0.2) is 21.9 Å². The van der Waals surface area contributed by atoms with Crippen molar-refractivity contribution in [1.82, 2.24) is 10.2 Å². The summed E-state index contributed by atoms with van der Waals surface area (Å²) in [6.45, 7) is 4.17. The summed E-state index contributed by atoms with van der Waals surface area (Å²) in [6, 6.07) is 10.7. The van der Waals surface area contributed by atoms with Gasteiger partial charge < -0.3 is 14.5 Å². The van der Waals surface area contributed by atoms with Gasteiger partial charge in [0.15, 0.2) is 6.61 Å². The Bertz CT molecular complexity index is 994. The molecular weight excluding hydrogens is 421 g/mol. The Labute approximate surface area is 176 Å². The quantitative estimate of drug-likeness (QED) is 0.505. The van der Waals surface area contributed by atoms with E-state index in [-0.39, 0.29) is 23.5 Å². The number of ether oxygens (including phenoxy) is 1. The molecule has 28 heavy (non-hydrogen) atoms. The van der Waals surface area contributed by atoms with Crippen LogP contribution in [0.5, 0.6) is 5.75 Å². The van der Waals surface area contributed by atoms with Gasteiger partial charge in [-0.15, -0.1) is 10.2 Å². The predicted octanol–water partition coefficient (Wildman–Crippen LogP) is 5.30. The Hall–Kier alpha value is -2.22. The molecular formula is C19H17Cl2N3O3S. The van der Waals surface area contributed by atoms with E-state index in [0.29, 0.717) is 21.6 Å². The maximum atomic E-state index is 12.1. The van der Waals surface area contributed by atoms with Crippen molar-refractivity contribution in [3.8, 4) is 5.75 Å². The number of amides is 1. The first-order valence-electron chi connectivity index (χ1n) is 8.31. The van der Waals surface area contributed by atoms with E-state index < -0.39 is 0 Å². The molecule has 0 bridgehead atoms. The average Bonchev–Trinajstić information content (AvgIpc) is 3.11. The lowest BCUT2D eigenvalue weighted by Gasteiger charge is -2.08. The fraction of sp³-hybridized carbons (Fsp3) is 0.211. The van der Waals surface area contributed by atoms with Gasteiger partial charge in [-0.1, -0.05) is 47.1 Å². The fourth-order valence-corrected chi connectivity index (χ4v) is 3.32. The Morgan fingerprint density at radius 2 is 2.04 bits per heavy atom. The minimum absolute atomic E-state index is 0.0957. The first kappa shape index (κ1) is 20.5. The normalized spacial score (nSPS) is 10.7. The summed E-state index contributed by atoms with van der Waals surface area (Å²) in [5.41, 5.74) is 2.70. The lowest BCUT2D eigenvalue weighted by molar-refractivity contribution is -0.113. The zero-order chi connectivity index (χ0) is 20.1. The summed E-state index contributed by atoms with van der Waals surface area (Å²) in [5.74, 6) is 0.954. The highest BCUT2D eigenvalue weighted by Gasteiger charge is 2.12. The second kappa shape index (κ2) is 9.32. The lowest BCUT2D eigenvalue weighted by atomic mass is 10.1. The molecule has 3 rings (SSSR count). The van der Waals surface area contributed by atoms with Crippen molar-refractivity contribution in [2.75, 3.05) is 11.1 Å². The molecule has 1 heterocycles. The van der Waals surface area contributed by atoms with Crippen molar-refractivity contribution >= 4 is 46.6 Å². The zero-order valence-corrected chi connectivity index (χ0v) is 17.5. The number of nitrogens with one attached hydrogen (secondary N) is 1. The number of aryl methyl sites for hydroxylation is 1. The van der Waals surface area contributed by atoms with Crippen LogP contribution in [0, 0.1) is 13.8 Å². The second-order valence-electron chi connectivity index (χ2n) is 5.91. The summed E-state index contributed by atoms with van der Waals surface area (Å²) in [5, 5.41) is 11.7. The Morgan fingerprint density at radius 3 is 2.82 bits per heavy atom. The molecule has 9 heteroatoms. The smallest absolute Gasteiger partial charge is 0.277 e. The number of carbonyl (C=O) groups excluding carboxylic acids is 1. The first-order chi connectivity index (χ1) is 13.4. The van der Waals surface area contributed by atoms with Crippen molar-refractivity contribution in [1.29, 1.82) is 0 Å². The van der Waals surface area contributed by atoms with Crippen LogP contribution >= 0.6 is 35.0 Å². The van der Waals surface area contributed by atoms with Crippen LogP contribution in [0.25, 0.3) is 0 Å². The van der Waals surface area contributed by atoms with Gasteiger partial charge in [-0.2, -0.15) is 0 Å². The molecule has 0 aliphatic heterocycles. The van der Waals surface area contributed by atoms with Gasteiger partial charge in [0.1, 0.15) is 5.75 Å². The Kier molecular flexibility index (Phi) is 6.83. The van der Waals surface area contributed by atoms with Gasteiger partial charge in [0.05, 0.1) is 16.5 Å². The molecule has 0 spiro atoms. The molecule has 1 N–H and O–H groups in total. The van der Waals surface area contributed by atoms with Crippen molar-refractivity contribution in [3.05, 3.63) is 63.5 Å². The third kappa shape index (κ3) is 5.41. The monoisotopic (exact) mass is 437 g/mol. The van der Waals surface area contributed by atoms with Gasteiger partial charge in [-0.05, 0) is 49.2 Å². The molecule has 0 radical (unpaired) electrons. The van der Waals surface area contributed by atoms with E-state index in [0.717, 1.165) is 28.6 Å². The van der Waals surface area contributed by atoms with Crippen LogP contribution in [0.2, 0.25) is 10.0 Å². The van der Waals surface area contributed by atoms with Crippen molar-refractivity contribution in [3.63, 3.8) is 0 Å². The minimum atomic E-state index is -0.249. The SMILES string of the molecule is Cc1cccc(OCc2nnc(SCC(=O)Nc3ccc(Cl)cc3Cl)o2)c1C. The molecule has 146 valence electrons. The average molecular weight is 438 g/mol. The number of anilines is 1. The highest BCUT2D eigenvalue weighted by Crippen LogP contribution is 2.26. The second-order valence-corrected chi connectivity index (χ2v) is 7.68. The lowest BCUT2D eigenvalue weighted by Crippen LogP contribution is -2.14. The number of rotatable bonds is 7. The molecule has 0 saturated heterocycles. The van der Waals surface area contributed by atoms with Gasteiger partial charge in [0.2, 0.25) is 5.91 Å². The molecule has 0 aliphatic rings. The number of halogens is 2. The molecule has 1 aromatic heterocycles. The third-order valence-electron chi connectivity index (χ3n) is 3.89. The third-order valence-corrected chi connectivity index (χ3v) is 5.25. The van der Waals surface area contributed by atoms with Crippen LogP contribution in [0.3, 0.4) is 0 Å². The summed E-state index contributed by atoms with van der Waals surface area (Å²) in [4.78, 5) is 12.1. The van der Waals surface area contributed by atoms with E-state index in [4.69, 9.17) is 32.4 Å². The minimum Gasteiger partial charge on any atom is -0.484 e. The topological polar surface area (TPSA) is 77.2 Å². The largest absolute Gasteiger partial charge is 0.484 e. The molecule has 1 amide bonds. The summed E-state index contributed by atoms with van der Waals surface area (Å²) >= 11 is 13.0. The van der Waals surface area contributed by atoms with Gasteiger partial charge in [-0.25, -0.2) is 0 Å². The first-order valence-corrected chi connectivity index (χ1v) is 10.1. The number of hydrogen-bond acceptors (Lipinski definition) is 6. The predicted molar refractivity (Wildman–Crippen MR) is 110 cm³/mol. The molecule has 6 nitrogen and oxygen atoms in total. The standard InChI is InChI=1S/C19H17Cl2N3O3S/c1-11-4-3-5-16(12(11)2)26-9-18-23-24-19(27-18)28-10-17(25)22-15-7-6-13(20)8-14(15)21/h3-8H,9-10H2,1-2H3,(H,22,25). The van der Waals surface area contributed by atoms with E-state index in [2.05, 4.69) is 15.5 Å². The van der Waals surface area contributed by atoms with Crippen LogP contribution in [-0.2, 0) is 11.4 Å². The van der Waals surface area contributed by atoms with Crippen LogP contribution < -0.4 is 10.1 Å². The molecule has 2 aromatic carbocycles. The molecule has 0 saturated carbocycles. The summed E-state index contributed by atoms with van der Waals surface area (Å²) in [7, 11) is 0. The van der Waals surface area contributed by atoms with Crippen LogP contribution in [0.15, 0.2) is 46.0 Å². The van der Waals surface area contributed by atoms with Crippen molar-refractivity contribution in [2.24, 2.45) is 0 Å². The van der Waals surface area contributed by atoms with E-state index in [9.17, 15) is 4.79 Å².